The predicted octanol–water partition coefficient (Wildman–Crippen LogP) is 2.21. The van der Waals surface area contributed by atoms with Crippen LogP contribution in [0.1, 0.15) is 45.5 Å². The number of nitrogen functional groups attached to an aromatic ring is 1. The fourth-order valence-electron chi connectivity index (χ4n) is 1.79. The molecule has 0 fully saturated rings. The van der Waals surface area contributed by atoms with E-state index in [1.54, 1.807) is 0 Å². The maximum absolute atomic E-state index is 5.55. The Bertz CT molecular complexity index is 409. The van der Waals surface area contributed by atoms with E-state index in [0.29, 0.717) is 5.82 Å². The Morgan fingerprint density at radius 1 is 1.28 bits per heavy atom. The average Bonchev–Trinajstić information content (AvgIpc) is 2.28. The Labute approximate surface area is 110 Å². The number of aromatic nitrogens is 2. The van der Waals surface area contributed by atoms with Crippen molar-refractivity contribution < 1.29 is 0 Å². The first-order chi connectivity index (χ1) is 8.31. The minimum absolute atomic E-state index is 0.0961. The average molecular weight is 251 g/mol. The lowest BCUT2D eigenvalue weighted by Crippen LogP contribution is -2.26. The van der Waals surface area contributed by atoms with E-state index in [0.717, 1.165) is 30.2 Å². The molecule has 1 heterocycles. The van der Waals surface area contributed by atoms with E-state index >= 15 is 0 Å². The predicted molar refractivity (Wildman–Crippen MR) is 76.8 cm³/mol. The third-order valence-corrected chi connectivity index (χ3v) is 2.85. The molecule has 0 aliphatic carbocycles. The third kappa shape index (κ3) is 3.10. The number of hydrogen-bond acceptors (Lipinski definition) is 5. The van der Waals surface area contributed by atoms with Gasteiger partial charge in [0, 0.05) is 24.6 Å². The molecule has 0 atom stereocenters. The Kier molecular flexibility index (Phi) is 4.51. The molecule has 0 unspecified atom stereocenters. The van der Waals surface area contributed by atoms with Crippen molar-refractivity contribution in [1.29, 1.82) is 0 Å². The van der Waals surface area contributed by atoms with Gasteiger partial charge in [-0.05, 0) is 13.3 Å². The van der Waals surface area contributed by atoms with Crippen LogP contribution in [0.15, 0.2) is 0 Å². The first kappa shape index (κ1) is 14.7. The Morgan fingerprint density at radius 3 is 2.33 bits per heavy atom. The molecule has 5 heteroatoms. The maximum Gasteiger partial charge on any atom is 0.148 e. The highest BCUT2D eigenvalue weighted by molar-refractivity contribution is 5.58. The highest BCUT2D eigenvalue weighted by Gasteiger charge is 2.22. The first-order valence-electron chi connectivity index (χ1n) is 6.38. The molecule has 0 amide bonds. The quantitative estimate of drug-likeness (QED) is 0.634. The van der Waals surface area contributed by atoms with Crippen LogP contribution in [0.2, 0.25) is 0 Å². The van der Waals surface area contributed by atoms with E-state index in [2.05, 4.69) is 48.0 Å². The van der Waals surface area contributed by atoms with Crippen LogP contribution in [0.25, 0.3) is 0 Å². The molecule has 0 aliphatic rings. The fourth-order valence-corrected chi connectivity index (χ4v) is 1.79. The van der Waals surface area contributed by atoms with Crippen LogP contribution in [-0.4, -0.2) is 23.6 Å². The van der Waals surface area contributed by atoms with Crippen molar-refractivity contribution in [1.82, 2.24) is 9.97 Å². The summed E-state index contributed by atoms with van der Waals surface area (Å²) >= 11 is 0. The number of rotatable bonds is 4. The molecule has 0 aliphatic heterocycles. The SMILES string of the molecule is CCCN(C)c1nc(C(C)(C)C)nc(NN)c1C. The summed E-state index contributed by atoms with van der Waals surface area (Å²) in [5.41, 5.74) is 3.56. The van der Waals surface area contributed by atoms with Crippen LogP contribution < -0.4 is 16.2 Å². The summed E-state index contributed by atoms with van der Waals surface area (Å²) in [5, 5.41) is 0. The van der Waals surface area contributed by atoms with Gasteiger partial charge < -0.3 is 10.3 Å². The molecule has 0 saturated carbocycles. The van der Waals surface area contributed by atoms with Gasteiger partial charge in [-0.15, -0.1) is 0 Å². The smallest absolute Gasteiger partial charge is 0.148 e. The van der Waals surface area contributed by atoms with Crippen LogP contribution >= 0.6 is 0 Å². The monoisotopic (exact) mass is 251 g/mol. The van der Waals surface area contributed by atoms with Crippen LogP contribution in [0.3, 0.4) is 0 Å². The topological polar surface area (TPSA) is 67.1 Å². The number of nitrogens with zero attached hydrogens (tertiary/aromatic N) is 3. The number of hydrazine groups is 1. The third-order valence-electron chi connectivity index (χ3n) is 2.85. The van der Waals surface area contributed by atoms with E-state index < -0.39 is 0 Å². The molecular weight excluding hydrogens is 226 g/mol. The Balaban J connectivity index is 3.31. The highest BCUT2D eigenvalue weighted by atomic mass is 15.3. The van der Waals surface area contributed by atoms with E-state index in [1.165, 1.54) is 0 Å². The molecule has 1 aromatic heterocycles. The number of nitrogens with one attached hydrogen (secondary N) is 1. The molecule has 1 rings (SSSR count). The van der Waals surface area contributed by atoms with E-state index in [-0.39, 0.29) is 5.41 Å². The van der Waals surface area contributed by atoms with Gasteiger partial charge in [-0.2, -0.15) is 0 Å². The summed E-state index contributed by atoms with van der Waals surface area (Å²) in [5.74, 6) is 8.00. The number of hydrogen-bond donors (Lipinski definition) is 2. The summed E-state index contributed by atoms with van der Waals surface area (Å²) in [6.45, 7) is 11.4. The molecule has 18 heavy (non-hydrogen) atoms. The van der Waals surface area contributed by atoms with Gasteiger partial charge in [-0.3, -0.25) is 0 Å². The summed E-state index contributed by atoms with van der Waals surface area (Å²) in [6.07, 6.45) is 1.08. The van der Waals surface area contributed by atoms with Gasteiger partial charge in [-0.25, -0.2) is 15.8 Å². The largest absolute Gasteiger partial charge is 0.359 e. The Morgan fingerprint density at radius 2 is 1.89 bits per heavy atom. The molecule has 0 saturated heterocycles. The van der Waals surface area contributed by atoms with E-state index in [4.69, 9.17) is 5.84 Å². The molecule has 0 aromatic carbocycles. The molecule has 0 bridgehead atoms. The van der Waals surface area contributed by atoms with Crippen molar-refractivity contribution in [2.45, 2.75) is 46.5 Å². The molecule has 5 nitrogen and oxygen atoms in total. The van der Waals surface area contributed by atoms with Gasteiger partial charge >= 0.3 is 0 Å². The number of anilines is 2. The van der Waals surface area contributed by atoms with Gasteiger partial charge in [-0.1, -0.05) is 27.7 Å². The first-order valence-corrected chi connectivity index (χ1v) is 6.38. The van der Waals surface area contributed by atoms with Crippen LogP contribution in [0, 0.1) is 6.92 Å². The zero-order chi connectivity index (χ0) is 13.9. The second-order valence-electron chi connectivity index (χ2n) is 5.66. The van der Waals surface area contributed by atoms with Gasteiger partial charge in [0.25, 0.3) is 0 Å². The molecular formula is C13H25N5. The van der Waals surface area contributed by atoms with E-state index in [1.807, 2.05) is 14.0 Å². The lowest BCUT2D eigenvalue weighted by Gasteiger charge is -2.25. The molecule has 102 valence electrons. The summed E-state index contributed by atoms with van der Waals surface area (Å²) in [4.78, 5) is 11.3. The maximum atomic E-state index is 5.55. The van der Waals surface area contributed by atoms with Crippen molar-refractivity contribution in [2.75, 3.05) is 23.9 Å². The van der Waals surface area contributed by atoms with Gasteiger partial charge in [0.15, 0.2) is 0 Å². The van der Waals surface area contributed by atoms with Crippen molar-refractivity contribution in [3.8, 4) is 0 Å². The fraction of sp³-hybridized carbons (Fsp3) is 0.692. The molecule has 3 N–H and O–H groups in total. The van der Waals surface area contributed by atoms with Crippen LogP contribution in [-0.2, 0) is 5.41 Å². The standard InChI is InChI=1S/C13H25N5/c1-7-8-18(6)11-9(2)10(17-14)15-12(16-11)13(3,4)5/h7-8,14H2,1-6H3,(H,15,16,17). The van der Waals surface area contributed by atoms with Crippen molar-refractivity contribution >= 4 is 11.6 Å². The summed E-state index contributed by atoms with van der Waals surface area (Å²) < 4.78 is 0. The zero-order valence-corrected chi connectivity index (χ0v) is 12.3. The molecule has 0 radical (unpaired) electrons. The van der Waals surface area contributed by atoms with Crippen molar-refractivity contribution in [3.05, 3.63) is 11.4 Å². The lowest BCUT2D eigenvalue weighted by molar-refractivity contribution is 0.544. The summed E-state index contributed by atoms with van der Waals surface area (Å²) in [7, 11) is 2.05. The second-order valence-corrected chi connectivity index (χ2v) is 5.66. The highest BCUT2D eigenvalue weighted by Crippen LogP contribution is 2.27. The Hall–Kier alpha value is -1.36. The lowest BCUT2D eigenvalue weighted by atomic mass is 9.95. The van der Waals surface area contributed by atoms with Gasteiger partial charge in [0.05, 0.1) is 0 Å². The van der Waals surface area contributed by atoms with Crippen LogP contribution in [0.5, 0.6) is 0 Å². The van der Waals surface area contributed by atoms with Crippen molar-refractivity contribution in [3.63, 3.8) is 0 Å². The van der Waals surface area contributed by atoms with Crippen molar-refractivity contribution in [2.24, 2.45) is 5.84 Å². The summed E-state index contributed by atoms with van der Waals surface area (Å²) in [6, 6.07) is 0. The van der Waals surface area contributed by atoms with Gasteiger partial charge in [0.1, 0.15) is 17.5 Å². The van der Waals surface area contributed by atoms with Crippen LogP contribution in [0.4, 0.5) is 11.6 Å². The normalized spacial score (nSPS) is 11.5. The minimum Gasteiger partial charge on any atom is -0.359 e. The number of nitrogens with two attached hydrogens (primary N) is 1. The molecule has 1 aromatic rings. The second kappa shape index (κ2) is 5.52. The van der Waals surface area contributed by atoms with Gasteiger partial charge in [0.2, 0.25) is 0 Å². The van der Waals surface area contributed by atoms with E-state index in [9.17, 15) is 0 Å². The zero-order valence-electron chi connectivity index (χ0n) is 12.3. The minimum atomic E-state index is -0.0961. The molecule has 0 spiro atoms.